The predicted molar refractivity (Wildman–Crippen MR) is 98.7 cm³/mol. The van der Waals surface area contributed by atoms with Crippen LogP contribution in [-0.4, -0.2) is 38.4 Å². The Morgan fingerprint density at radius 1 is 1.15 bits per heavy atom. The fraction of sp³-hybridized carbons (Fsp3) is 0.333. The summed E-state index contributed by atoms with van der Waals surface area (Å²) in [5.74, 6) is 1.12. The normalized spacial score (nSPS) is 17.2. The number of nitrogens with zero attached hydrogens (tertiary/aromatic N) is 2. The lowest BCUT2D eigenvalue weighted by molar-refractivity contribution is -0.385. The van der Waals surface area contributed by atoms with Crippen molar-refractivity contribution in [2.24, 2.45) is 0 Å². The second-order valence-corrected chi connectivity index (χ2v) is 8.09. The van der Waals surface area contributed by atoms with Gasteiger partial charge in [0, 0.05) is 24.7 Å². The number of nitro groups is 1. The third-order valence-corrected chi connectivity index (χ3v) is 6.73. The summed E-state index contributed by atoms with van der Waals surface area (Å²) in [6, 6.07) is 8.31. The number of sulfonamides is 1. The Kier molecular flexibility index (Phi) is 5.07. The summed E-state index contributed by atoms with van der Waals surface area (Å²) >= 11 is 0. The fourth-order valence-corrected chi connectivity index (χ4v) is 5.00. The molecule has 0 bridgehead atoms. The van der Waals surface area contributed by atoms with Gasteiger partial charge < -0.3 is 9.47 Å². The summed E-state index contributed by atoms with van der Waals surface area (Å²) in [5, 5.41) is 11.0. The van der Waals surface area contributed by atoms with E-state index in [-0.39, 0.29) is 17.1 Å². The van der Waals surface area contributed by atoms with Crippen molar-refractivity contribution < 1.29 is 22.8 Å². The lowest BCUT2D eigenvalue weighted by atomic mass is 9.94. The maximum atomic E-state index is 13.1. The van der Waals surface area contributed by atoms with Crippen LogP contribution in [0.5, 0.6) is 11.5 Å². The zero-order valence-electron chi connectivity index (χ0n) is 15.2. The van der Waals surface area contributed by atoms with Crippen molar-refractivity contribution in [2.45, 2.75) is 24.3 Å². The van der Waals surface area contributed by atoms with E-state index in [1.807, 2.05) is 6.07 Å². The molecule has 1 heterocycles. The first-order chi connectivity index (χ1) is 12.8. The zero-order valence-corrected chi connectivity index (χ0v) is 16.0. The van der Waals surface area contributed by atoms with Crippen molar-refractivity contribution in [3.05, 3.63) is 57.6 Å². The molecule has 3 rings (SSSR count). The molecule has 8 nitrogen and oxygen atoms in total. The summed E-state index contributed by atoms with van der Waals surface area (Å²) in [4.78, 5) is 10.3. The molecule has 1 unspecified atom stereocenters. The molecule has 27 heavy (non-hydrogen) atoms. The van der Waals surface area contributed by atoms with Gasteiger partial charge in [-0.2, -0.15) is 4.31 Å². The molecule has 9 heteroatoms. The van der Waals surface area contributed by atoms with Gasteiger partial charge in [-0.25, -0.2) is 8.42 Å². The molecule has 2 aromatic carbocycles. The molecule has 1 aliphatic heterocycles. The van der Waals surface area contributed by atoms with Crippen LogP contribution in [0.1, 0.15) is 24.1 Å². The molecule has 0 spiro atoms. The number of hydrogen-bond acceptors (Lipinski definition) is 6. The second kappa shape index (κ2) is 7.16. The van der Waals surface area contributed by atoms with E-state index < -0.39 is 21.0 Å². The van der Waals surface area contributed by atoms with Crippen LogP contribution in [0, 0.1) is 10.1 Å². The Labute approximate surface area is 157 Å². The van der Waals surface area contributed by atoms with Crippen LogP contribution in [0.15, 0.2) is 41.3 Å². The Morgan fingerprint density at radius 3 is 2.44 bits per heavy atom. The lowest BCUT2D eigenvalue weighted by Crippen LogP contribution is -2.38. The molecule has 1 aliphatic rings. The number of hydrogen-bond donors (Lipinski definition) is 0. The van der Waals surface area contributed by atoms with Crippen molar-refractivity contribution in [3.63, 3.8) is 0 Å². The average molecular weight is 392 g/mol. The zero-order chi connectivity index (χ0) is 19.8. The molecule has 1 atom stereocenters. The Balaban J connectivity index is 2.02. The van der Waals surface area contributed by atoms with Crippen molar-refractivity contribution in [1.82, 2.24) is 4.31 Å². The van der Waals surface area contributed by atoms with Gasteiger partial charge in [-0.05, 0) is 42.7 Å². The van der Waals surface area contributed by atoms with E-state index >= 15 is 0 Å². The van der Waals surface area contributed by atoms with Gasteiger partial charge in [0.2, 0.25) is 10.0 Å². The lowest BCUT2D eigenvalue weighted by Gasteiger charge is -2.34. The quantitative estimate of drug-likeness (QED) is 0.573. The molecule has 0 N–H and O–H groups in total. The van der Waals surface area contributed by atoms with Crippen molar-refractivity contribution >= 4 is 15.7 Å². The average Bonchev–Trinajstić information content (AvgIpc) is 2.67. The number of methoxy groups -OCH3 is 2. The number of fused-ring (bicyclic) bond motifs is 1. The maximum Gasteiger partial charge on any atom is 0.270 e. The fourth-order valence-electron chi connectivity index (χ4n) is 3.34. The van der Waals surface area contributed by atoms with Gasteiger partial charge in [-0.15, -0.1) is 0 Å². The highest BCUT2D eigenvalue weighted by atomic mass is 32.2. The van der Waals surface area contributed by atoms with Crippen molar-refractivity contribution in [2.75, 3.05) is 20.8 Å². The molecule has 0 radical (unpaired) electrons. The number of non-ortho nitro benzene ring substituents is 1. The van der Waals surface area contributed by atoms with Crippen LogP contribution < -0.4 is 9.47 Å². The van der Waals surface area contributed by atoms with E-state index in [9.17, 15) is 18.5 Å². The minimum Gasteiger partial charge on any atom is -0.493 e. The monoisotopic (exact) mass is 392 g/mol. The molecule has 144 valence electrons. The van der Waals surface area contributed by atoms with Gasteiger partial charge in [0.25, 0.3) is 5.69 Å². The second-order valence-electron chi connectivity index (χ2n) is 6.20. The van der Waals surface area contributed by atoms with E-state index in [0.29, 0.717) is 17.9 Å². The van der Waals surface area contributed by atoms with Crippen LogP contribution in [0.25, 0.3) is 0 Å². The highest BCUT2D eigenvalue weighted by molar-refractivity contribution is 7.89. The van der Waals surface area contributed by atoms with Crippen LogP contribution >= 0.6 is 0 Å². The highest BCUT2D eigenvalue weighted by Gasteiger charge is 2.35. The predicted octanol–water partition coefficient (Wildman–Crippen LogP) is 2.92. The number of rotatable bonds is 5. The number of benzene rings is 2. The summed E-state index contributed by atoms with van der Waals surface area (Å²) in [6.45, 7) is 2.06. The largest absolute Gasteiger partial charge is 0.493 e. The SMILES string of the molecule is COc1cc2c(cc1OC)C(C)N(S(=O)(=O)c1cccc([N+](=O)[O-])c1)CC2. The topological polar surface area (TPSA) is 99.0 Å². The van der Waals surface area contributed by atoms with E-state index in [4.69, 9.17) is 9.47 Å². The molecule has 0 aliphatic carbocycles. The molecular weight excluding hydrogens is 372 g/mol. The van der Waals surface area contributed by atoms with Crippen LogP contribution in [0.3, 0.4) is 0 Å². The summed E-state index contributed by atoms with van der Waals surface area (Å²) < 4.78 is 38.2. The highest BCUT2D eigenvalue weighted by Crippen LogP contribution is 2.40. The third kappa shape index (κ3) is 3.35. The van der Waals surface area contributed by atoms with E-state index in [1.54, 1.807) is 20.1 Å². The van der Waals surface area contributed by atoms with Gasteiger partial charge in [0.15, 0.2) is 11.5 Å². The summed E-state index contributed by atoms with van der Waals surface area (Å²) in [6.07, 6.45) is 0.508. The van der Waals surface area contributed by atoms with Crippen LogP contribution in [0.2, 0.25) is 0 Å². The molecule has 0 saturated heterocycles. The van der Waals surface area contributed by atoms with Gasteiger partial charge in [-0.1, -0.05) is 6.07 Å². The minimum atomic E-state index is -3.89. The Hall–Kier alpha value is -2.65. The molecule has 0 fully saturated rings. The molecule has 0 aromatic heterocycles. The minimum absolute atomic E-state index is 0.0903. The molecule has 0 saturated carbocycles. The van der Waals surface area contributed by atoms with Crippen molar-refractivity contribution in [1.29, 1.82) is 0 Å². The van der Waals surface area contributed by atoms with Gasteiger partial charge in [0.05, 0.1) is 24.0 Å². The molecule has 2 aromatic rings. The standard InChI is InChI=1S/C18H20N2O6S/c1-12-16-11-18(26-3)17(25-2)9-13(16)7-8-19(12)27(23,24)15-6-4-5-14(10-15)20(21)22/h4-6,9-12H,7-8H2,1-3H3. The summed E-state index contributed by atoms with van der Waals surface area (Å²) in [7, 11) is -0.814. The maximum absolute atomic E-state index is 13.1. The van der Waals surface area contributed by atoms with Crippen LogP contribution in [-0.2, 0) is 16.4 Å². The first-order valence-electron chi connectivity index (χ1n) is 8.30. The number of nitro benzene ring substituents is 1. The third-order valence-electron chi connectivity index (χ3n) is 4.76. The van der Waals surface area contributed by atoms with E-state index in [0.717, 1.165) is 17.2 Å². The van der Waals surface area contributed by atoms with Gasteiger partial charge in [-0.3, -0.25) is 10.1 Å². The first kappa shape index (κ1) is 19.1. The Morgan fingerprint density at radius 2 is 1.81 bits per heavy atom. The van der Waals surface area contributed by atoms with E-state index in [2.05, 4.69) is 0 Å². The van der Waals surface area contributed by atoms with Gasteiger partial charge >= 0.3 is 0 Å². The van der Waals surface area contributed by atoms with Gasteiger partial charge in [0.1, 0.15) is 0 Å². The van der Waals surface area contributed by atoms with Crippen molar-refractivity contribution in [3.8, 4) is 11.5 Å². The van der Waals surface area contributed by atoms with Crippen LogP contribution in [0.4, 0.5) is 5.69 Å². The summed E-state index contributed by atoms with van der Waals surface area (Å²) in [5.41, 5.74) is 1.56. The number of ether oxygens (including phenoxy) is 2. The van der Waals surface area contributed by atoms with E-state index in [1.165, 1.54) is 29.6 Å². The first-order valence-corrected chi connectivity index (χ1v) is 9.74. The Bertz CT molecular complexity index is 989. The smallest absolute Gasteiger partial charge is 0.270 e. The molecular formula is C18H20N2O6S. The molecule has 0 amide bonds.